The standard InChI is InChI=1S/C12H25NO4S/c1-4-6-9-13(11(3)5-2)18(16,17)10-7-8-12(14)15/h11H,4-10H2,1-3H3,(H,14,15). The summed E-state index contributed by atoms with van der Waals surface area (Å²) in [6.45, 7) is 6.40. The van der Waals surface area contributed by atoms with Crippen molar-refractivity contribution in [2.24, 2.45) is 0 Å². The van der Waals surface area contributed by atoms with Crippen LogP contribution in [0, 0.1) is 0 Å². The van der Waals surface area contributed by atoms with Crippen molar-refractivity contribution in [3.8, 4) is 0 Å². The van der Waals surface area contributed by atoms with Gasteiger partial charge in [-0.2, -0.15) is 4.31 Å². The molecule has 0 aliphatic rings. The first kappa shape index (κ1) is 17.4. The minimum Gasteiger partial charge on any atom is -0.481 e. The molecule has 0 fully saturated rings. The molecule has 0 radical (unpaired) electrons. The van der Waals surface area contributed by atoms with Crippen LogP contribution in [0.2, 0.25) is 0 Å². The molecule has 6 heteroatoms. The predicted molar refractivity (Wildman–Crippen MR) is 72.0 cm³/mol. The van der Waals surface area contributed by atoms with Crippen molar-refractivity contribution in [3.63, 3.8) is 0 Å². The van der Waals surface area contributed by atoms with E-state index in [4.69, 9.17) is 5.11 Å². The SMILES string of the molecule is CCCCN(C(C)CC)S(=O)(=O)CCCC(=O)O. The van der Waals surface area contributed by atoms with Gasteiger partial charge in [0.2, 0.25) is 10.0 Å². The molecular formula is C12H25NO4S. The summed E-state index contributed by atoms with van der Waals surface area (Å²) in [6, 6.07) is -0.0219. The second-order valence-electron chi connectivity index (χ2n) is 4.53. The summed E-state index contributed by atoms with van der Waals surface area (Å²) in [5.41, 5.74) is 0. The summed E-state index contributed by atoms with van der Waals surface area (Å²) in [5, 5.41) is 8.54. The third kappa shape index (κ3) is 6.35. The number of carbonyl (C=O) groups is 1. The van der Waals surface area contributed by atoms with E-state index in [-0.39, 0.29) is 24.6 Å². The summed E-state index contributed by atoms with van der Waals surface area (Å²) in [5.74, 6) is -1.03. The molecule has 0 spiro atoms. The van der Waals surface area contributed by atoms with E-state index < -0.39 is 16.0 Å². The Morgan fingerprint density at radius 3 is 2.33 bits per heavy atom. The largest absolute Gasteiger partial charge is 0.481 e. The van der Waals surface area contributed by atoms with E-state index in [2.05, 4.69) is 0 Å². The zero-order chi connectivity index (χ0) is 14.2. The van der Waals surface area contributed by atoms with Crippen LogP contribution in [-0.4, -0.2) is 42.1 Å². The second-order valence-corrected chi connectivity index (χ2v) is 6.58. The van der Waals surface area contributed by atoms with Crippen molar-refractivity contribution in [1.82, 2.24) is 4.31 Å². The van der Waals surface area contributed by atoms with Gasteiger partial charge in [0.1, 0.15) is 0 Å². The number of carboxylic acid groups (broad SMARTS) is 1. The van der Waals surface area contributed by atoms with Crippen LogP contribution in [0.5, 0.6) is 0 Å². The Hall–Kier alpha value is -0.620. The first-order valence-electron chi connectivity index (χ1n) is 6.56. The number of carboxylic acids is 1. The van der Waals surface area contributed by atoms with Gasteiger partial charge in [0.05, 0.1) is 5.75 Å². The van der Waals surface area contributed by atoms with Gasteiger partial charge >= 0.3 is 5.97 Å². The van der Waals surface area contributed by atoms with Crippen molar-refractivity contribution in [3.05, 3.63) is 0 Å². The van der Waals surface area contributed by atoms with Crippen molar-refractivity contribution >= 4 is 16.0 Å². The van der Waals surface area contributed by atoms with E-state index in [1.165, 1.54) is 4.31 Å². The van der Waals surface area contributed by atoms with Crippen LogP contribution in [0.15, 0.2) is 0 Å². The average Bonchev–Trinajstić information content (AvgIpc) is 2.27. The fourth-order valence-electron chi connectivity index (χ4n) is 1.67. The number of rotatable bonds is 10. The lowest BCUT2D eigenvalue weighted by atomic mass is 10.2. The fraction of sp³-hybridized carbons (Fsp3) is 0.917. The van der Waals surface area contributed by atoms with E-state index in [1.807, 2.05) is 20.8 Å². The Morgan fingerprint density at radius 2 is 1.89 bits per heavy atom. The molecule has 0 saturated carbocycles. The molecule has 1 N–H and O–H groups in total. The summed E-state index contributed by atoms with van der Waals surface area (Å²) in [7, 11) is -3.33. The number of hydrogen-bond donors (Lipinski definition) is 1. The maximum Gasteiger partial charge on any atom is 0.303 e. The first-order valence-corrected chi connectivity index (χ1v) is 8.17. The highest BCUT2D eigenvalue weighted by atomic mass is 32.2. The van der Waals surface area contributed by atoms with E-state index >= 15 is 0 Å². The number of nitrogens with zero attached hydrogens (tertiary/aromatic N) is 1. The summed E-state index contributed by atoms with van der Waals surface area (Å²) < 4.78 is 25.8. The molecule has 18 heavy (non-hydrogen) atoms. The van der Waals surface area contributed by atoms with Crippen LogP contribution in [0.3, 0.4) is 0 Å². The van der Waals surface area contributed by atoms with Crippen molar-refractivity contribution in [1.29, 1.82) is 0 Å². The second kappa shape index (κ2) is 8.48. The number of unbranched alkanes of at least 4 members (excludes halogenated alkanes) is 1. The smallest absolute Gasteiger partial charge is 0.303 e. The zero-order valence-electron chi connectivity index (χ0n) is 11.6. The number of aliphatic carboxylic acids is 1. The van der Waals surface area contributed by atoms with Gasteiger partial charge in [0.25, 0.3) is 0 Å². The van der Waals surface area contributed by atoms with Crippen LogP contribution >= 0.6 is 0 Å². The molecule has 0 saturated heterocycles. The van der Waals surface area contributed by atoms with Crippen LogP contribution in [0.1, 0.15) is 52.9 Å². The minimum absolute atomic E-state index is 0.0219. The van der Waals surface area contributed by atoms with E-state index in [1.54, 1.807) is 0 Å². The lowest BCUT2D eigenvalue weighted by molar-refractivity contribution is -0.137. The Balaban J connectivity index is 4.58. The third-order valence-electron chi connectivity index (χ3n) is 2.96. The van der Waals surface area contributed by atoms with Crippen LogP contribution < -0.4 is 0 Å². The van der Waals surface area contributed by atoms with Crippen molar-refractivity contribution in [2.75, 3.05) is 12.3 Å². The van der Waals surface area contributed by atoms with Crippen LogP contribution in [0.4, 0.5) is 0 Å². The van der Waals surface area contributed by atoms with Crippen molar-refractivity contribution < 1.29 is 18.3 Å². The summed E-state index contributed by atoms with van der Waals surface area (Å²) >= 11 is 0. The Labute approximate surface area is 110 Å². The fourth-order valence-corrected chi connectivity index (χ4v) is 3.52. The van der Waals surface area contributed by atoms with Gasteiger partial charge < -0.3 is 5.11 Å². The van der Waals surface area contributed by atoms with E-state index in [9.17, 15) is 13.2 Å². The molecule has 0 amide bonds. The Kier molecular flexibility index (Phi) is 8.18. The zero-order valence-corrected chi connectivity index (χ0v) is 12.4. The normalized spacial score (nSPS) is 13.8. The van der Waals surface area contributed by atoms with Gasteiger partial charge in [-0.25, -0.2) is 8.42 Å². The molecule has 0 aromatic heterocycles. The molecule has 0 heterocycles. The molecule has 0 aliphatic carbocycles. The van der Waals surface area contributed by atoms with Crippen LogP contribution in [0.25, 0.3) is 0 Å². The lowest BCUT2D eigenvalue weighted by Gasteiger charge is -2.27. The maximum absolute atomic E-state index is 12.2. The number of sulfonamides is 1. The molecule has 0 bridgehead atoms. The van der Waals surface area contributed by atoms with Gasteiger partial charge in [0.15, 0.2) is 0 Å². The lowest BCUT2D eigenvalue weighted by Crippen LogP contribution is -2.40. The van der Waals surface area contributed by atoms with Gasteiger partial charge in [-0.1, -0.05) is 20.3 Å². The molecular weight excluding hydrogens is 254 g/mol. The topological polar surface area (TPSA) is 74.7 Å². The first-order chi connectivity index (χ1) is 8.35. The molecule has 1 atom stereocenters. The average molecular weight is 279 g/mol. The van der Waals surface area contributed by atoms with Gasteiger partial charge in [-0.05, 0) is 26.2 Å². The highest BCUT2D eigenvalue weighted by Crippen LogP contribution is 2.13. The quantitative estimate of drug-likeness (QED) is 0.664. The van der Waals surface area contributed by atoms with Gasteiger partial charge in [-0.15, -0.1) is 0 Å². The monoisotopic (exact) mass is 279 g/mol. The van der Waals surface area contributed by atoms with E-state index in [0.29, 0.717) is 6.54 Å². The molecule has 5 nitrogen and oxygen atoms in total. The molecule has 0 aromatic carbocycles. The Morgan fingerprint density at radius 1 is 1.28 bits per heavy atom. The van der Waals surface area contributed by atoms with Gasteiger partial charge in [0, 0.05) is 19.0 Å². The van der Waals surface area contributed by atoms with E-state index in [0.717, 1.165) is 19.3 Å². The van der Waals surface area contributed by atoms with Crippen LogP contribution in [-0.2, 0) is 14.8 Å². The molecule has 108 valence electrons. The summed E-state index contributed by atoms with van der Waals surface area (Å²) in [4.78, 5) is 10.4. The molecule has 0 aliphatic heterocycles. The number of hydrogen-bond acceptors (Lipinski definition) is 3. The molecule has 0 aromatic rings. The predicted octanol–water partition coefficient (Wildman–Crippen LogP) is 2.08. The highest BCUT2D eigenvalue weighted by Gasteiger charge is 2.25. The molecule has 1 unspecified atom stereocenters. The molecule has 0 rings (SSSR count). The minimum atomic E-state index is -3.33. The van der Waals surface area contributed by atoms with Gasteiger partial charge in [-0.3, -0.25) is 4.79 Å². The Bertz CT molecular complexity index is 340. The summed E-state index contributed by atoms with van der Waals surface area (Å²) in [6.07, 6.45) is 2.63. The van der Waals surface area contributed by atoms with Crippen molar-refractivity contribution in [2.45, 2.75) is 58.9 Å². The highest BCUT2D eigenvalue weighted by molar-refractivity contribution is 7.89. The third-order valence-corrected chi connectivity index (χ3v) is 5.03. The maximum atomic E-state index is 12.2.